The van der Waals surface area contributed by atoms with E-state index in [2.05, 4.69) is 65.8 Å². The minimum Gasteiger partial charge on any atom is -0.454 e. The van der Waals surface area contributed by atoms with Gasteiger partial charge < -0.3 is 9.64 Å². The van der Waals surface area contributed by atoms with Crippen molar-refractivity contribution in [1.82, 2.24) is 0 Å². The van der Waals surface area contributed by atoms with Gasteiger partial charge in [-0.05, 0) is 85.4 Å². The van der Waals surface area contributed by atoms with E-state index in [1.54, 1.807) is 0 Å². The molecule has 176 valence electrons. The lowest BCUT2D eigenvalue weighted by Gasteiger charge is -2.19. The molecule has 0 radical (unpaired) electrons. The molecule has 1 aromatic carbocycles. The van der Waals surface area contributed by atoms with E-state index in [0.717, 1.165) is 31.4 Å². The van der Waals surface area contributed by atoms with Gasteiger partial charge in [-0.3, -0.25) is 0 Å². The second kappa shape index (κ2) is 14.5. The van der Waals surface area contributed by atoms with Crippen LogP contribution >= 0.6 is 0 Å². The number of benzene rings is 1. The van der Waals surface area contributed by atoms with Gasteiger partial charge in [-0.2, -0.15) is 0 Å². The molecule has 0 aromatic heterocycles. The van der Waals surface area contributed by atoms with E-state index in [4.69, 9.17) is 4.74 Å². The monoisotopic (exact) mass is 437 g/mol. The van der Waals surface area contributed by atoms with Crippen LogP contribution in [0.5, 0.6) is 0 Å². The van der Waals surface area contributed by atoms with Crippen molar-refractivity contribution in [2.45, 2.75) is 79.8 Å². The first-order chi connectivity index (χ1) is 15.1. The van der Waals surface area contributed by atoms with Crippen molar-refractivity contribution < 1.29 is 9.53 Å². The number of carbonyl (C=O) groups is 1. The molecule has 0 aliphatic rings. The number of ether oxygens (including phenoxy) is 1. The Morgan fingerprint density at radius 3 is 2.00 bits per heavy atom. The molecule has 0 saturated heterocycles. The molecule has 32 heavy (non-hydrogen) atoms. The van der Waals surface area contributed by atoms with Crippen LogP contribution in [0.3, 0.4) is 0 Å². The molecule has 0 saturated carbocycles. The Balaban J connectivity index is 3.00. The molecular weight excluding hydrogens is 394 g/mol. The second-order valence-electron chi connectivity index (χ2n) is 9.29. The molecule has 3 heteroatoms. The highest BCUT2D eigenvalue weighted by atomic mass is 16.5. The van der Waals surface area contributed by atoms with Crippen molar-refractivity contribution in [3.8, 4) is 0 Å². The average molecular weight is 438 g/mol. The number of anilines is 1. The SMILES string of the molecule is CC(C)=CCC/C(C)=C/CC(/C=C(\C)CCC=C(C)C)OC(=O)c1ccccc1N(C)C. The zero-order chi connectivity index (χ0) is 24.1. The fourth-order valence-corrected chi connectivity index (χ4v) is 3.38. The maximum atomic E-state index is 13.0. The highest BCUT2D eigenvalue weighted by molar-refractivity contribution is 5.96. The van der Waals surface area contributed by atoms with Gasteiger partial charge in [0.1, 0.15) is 6.10 Å². The lowest BCUT2D eigenvalue weighted by atomic mass is 10.0. The van der Waals surface area contributed by atoms with E-state index in [0.29, 0.717) is 12.0 Å². The summed E-state index contributed by atoms with van der Waals surface area (Å²) in [5.41, 5.74) is 6.72. The molecule has 1 atom stereocenters. The van der Waals surface area contributed by atoms with Gasteiger partial charge in [0.25, 0.3) is 0 Å². The Morgan fingerprint density at radius 2 is 1.44 bits per heavy atom. The summed E-state index contributed by atoms with van der Waals surface area (Å²) in [7, 11) is 3.88. The summed E-state index contributed by atoms with van der Waals surface area (Å²) in [5, 5.41) is 0. The number of hydrogen-bond donors (Lipinski definition) is 0. The van der Waals surface area contributed by atoms with E-state index in [9.17, 15) is 4.79 Å². The Hall–Kier alpha value is -2.55. The van der Waals surface area contributed by atoms with E-state index < -0.39 is 0 Å². The molecule has 0 aliphatic heterocycles. The van der Waals surface area contributed by atoms with E-state index >= 15 is 0 Å². The Bertz CT molecular complexity index is 848. The van der Waals surface area contributed by atoms with Crippen LogP contribution in [0.1, 0.15) is 84.0 Å². The first kappa shape index (κ1) is 27.5. The molecule has 0 N–H and O–H groups in total. The molecular formula is C29H43NO2. The maximum absolute atomic E-state index is 13.0. The third kappa shape index (κ3) is 11.2. The molecule has 1 aromatic rings. The number of allylic oxidation sites excluding steroid dienone is 6. The fourth-order valence-electron chi connectivity index (χ4n) is 3.38. The highest BCUT2D eigenvalue weighted by Crippen LogP contribution is 2.21. The lowest BCUT2D eigenvalue weighted by Crippen LogP contribution is -2.20. The van der Waals surface area contributed by atoms with Gasteiger partial charge in [-0.25, -0.2) is 4.79 Å². The van der Waals surface area contributed by atoms with Gasteiger partial charge in [0.05, 0.1) is 11.3 Å². The van der Waals surface area contributed by atoms with E-state index in [-0.39, 0.29) is 12.1 Å². The van der Waals surface area contributed by atoms with Gasteiger partial charge in [0.15, 0.2) is 0 Å². The van der Waals surface area contributed by atoms with Crippen molar-refractivity contribution in [1.29, 1.82) is 0 Å². The van der Waals surface area contributed by atoms with Crippen molar-refractivity contribution >= 4 is 11.7 Å². The summed E-state index contributed by atoms with van der Waals surface area (Å²) in [6.45, 7) is 12.8. The summed E-state index contributed by atoms with van der Waals surface area (Å²) in [6.07, 6.45) is 13.3. The molecule has 0 fully saturated rings. The summed E-state index contributed by atoms with van der Waals surface area (Å²) < 4.78 is 6.00. The first-order valence-electron chi connectivity index (χ1n) is 11.7. The van der Waals surface area contributed by atoms with Gasteiger partial charge in [0, 0.05) is 20.5 Å². The standard InChI is InChI=1S/C29H43NO2/c1-22(2)13-11-15-24(5)19-20-26(21-25(6)16-12-14-23(3)4)32-29(31)27-17-9-10-18-28(27)30(7)8/h9-10,13-14,17-19,21,26H,11-12,15-16,20H2,1-8H3/b24-19+,25-21+. The predicted octanol–water partition coefficient (Wildman–Crippen LogP) is 8.05. The zero-order valence-electron chi connectivity index (χ0n) is 21.5. The molecule has 1 unspecified atom stereocenters. The largest absolute Gasteiger partial charge is 0.454 e. The highest BCUT2D eigenvalue weighted by Gasteiger charge is 2.17. The minimum atomic E-state index is -0.275. The zero-order valence-corrected chi connectivity index (χ0v) is 21.5. The van der Waals surface area contributed by atoms with Crippen LogP contribution in [0.15, 0.2) is 70.9 Å². The summed E-state index contributed by atoms with van der Waals surface area (Å²) in [5.74, 6) is -0.275. The molecule has 1 rings (SSSR count). The fraction of sp³-hybridized carbons (Fsp3) is 0.483. The van der Waals surface area contributed by atoms with Gasteiger partial charge >= 0.3 is 5.97 Å². The topological polar surface area (TPSA) is 29.5 Å². The third-order valence-corrected chi connectivity index (χ3v) is 5.22. The number of para-hydroxylation sites is 1. The Kier molecular flexibility index (Phi) is 12.5. The van der Waals surface area contributed by atoms with E-state index in [1.165, 1.54) is 22.3 Å². The summed E-state index contributed by atoms with van der Waals surface area (Å²) in [4.78, 5) is 15.0. The smallest absolute Gasteiger partial charge is 0.340 e. The second-order valence-corrected chi connectivity index (χ2v) is 9.29. The normalized spacial score (nSPS) is 12.8. The minimum absolute atomic E-state index is 0.275. The van der Waals surface area contributed by atoms with Crippen molar-refractivity contribution in [3.63, 3.8) is 0 Å². The van der Waals surface area contributed by atoms with Crippen LogP contribution in [0.2, 0.25) is 0 Å². The summed E-state index contributed by atoms with van der Waals surface area (Å²) in [6, 6.07) is 7.60. The Morgan fingerprint density at radius 1 is 0.875 bits per heavy atom. The molecule has 0 spiro atoms. The van der Waals surface area contributed by atoms with Crippen molar-refractivity contribution in [2.24, 2.45) is 0 Å². The van der Waals surface area contributed by atoms with Gasteiger partial charge in [0.2, 0.25) is 0 Å². The quantitative estimate of drug-likeness (QED) is 0.245. The molecule has 3 nitrogen and oxygen atoms in total. The number of nitrogens with zero attached hydrogens (tertiary/aromatic N) is 1. The van der Waals surface area contributed by atoms with Gasteiger partial charge in [-0.1, -0.05) is 52.7 Å². The van der Waals surface area contributed by atoms with Crippen LogP contribution < -0.4 is 4.90 Å². The Labute approximate surface area is 196 Å². The van der Waals surface area contributed by atoms with Crippen molar-refractivity contribution in [3.05, 3.63) is 76.4 Å². The lowest BCUT2D eigenvalue weighted by molar-refractivity contribution is 0.0399. The number of rotatable bonds is 12. The molecule has 0 aliphatic carbocycles. The number of esters is 1. The molecule has 0 heterocycles. The van der Waals surface area contributed by atoms with Crippen LogP contribution in [0.4, 0.5) is 5.69 Å². The summed E-state index contributed by atoms with van der Waals surface area (Å²) >= 11 is 0. The third-order valence-electron chi connectivity index (χ3n) is 5.22. The van der Waals surface area contributed by atoms with Crippen LogP contribution in [0.25, 0.3) is 0 Å². The van der Waals surface area contributed by atoms with Crippen LogP contribution in [-0.4, -0.2) is 26.2 Å². The average Bonchev–Trinajstić information content (AvgIpc) is 2.71. The van der Waals surface area contributed by atoms with Crippen LogP contribution in [-0.2, 0) is 4.74 Å². The molecule has 0 amide bonds. The van der Waals surface area contributed by atoms with E-state index in [1.807, 2.05) is 43.3 Å². The first-order valence-corrected chi connectivity index (χ1v) is 11.7. The van der Waals surface area contributed by atoms with Crippen molar-refractivity contribution in [2.75, 3.05) is 19.0 Å². The maximum Gasteiger partial charge on any atom is 0.340 e. The number of carbonyl (C=O) groups excluding carboxylic acids is 1. The number of hydrogen-bond acceptors (Lipinski definition) is 3. The molecule has 0 bridgehead atoms. The van der Waals surface area contributed by atoms with Crippen LogP contribution in [0, 0.1) is 0 Å². The predicted molar refractivity (Wildman–Crippen MR) is 139 cm³/mol. The van der Waals surface area contributed by atoms with Gasteiger partial charge in [-0.15, -0.1) is 0 Å².